The second kappa shape index (κ2) is 5.68. The third-order valence-electron chi connectivity index (χ3n) is 3.74. The molecule has 22 heavy (non-hydrogen) atoms. The number of aromatic hydroxyl groups is 1. The average Bonchev–Trinajstić information content (AvgIpc) is 2.53. The van der Waals surface area contributed by atoms with Crippen molar-refractivity contribution in [2.24, 2.45) is 0 Å². The monoisotopic (exact) mass is 410 g/mol. The van der Waals surface area contributed by atoms with E-state index in [0.29, 0.717) is 14.9 Å². The molecule has 2 aromatic carbocycles. The third kappa shape index (κ3) is 2.37. The molecule has 3 rings (SSSR count). The second-order valence-corrected chi connectivity index (χ2v) is 6.22. The van der Waals surface area contributed by atoms with Crippen LogP contribution in [0.5, 0.6) is 11.5 Å². The van der Waals surface area contributed by atoms with Crippen molar-refractivity contribution in [2.45, 2.75) is 6.17 Å². The number of benzene rings is 2. The van der Waals surface area contributed by atoms with Crippen molar-refractivity contribution in [3.8, 4) is 11.5 Å². The molecule has 0 saturated carbocycles. The maximum absolute atomic E-state index is 12.5. The number of amides is 1. The first-order chi connectivity index (χ1) is 10.5. The van der Waals surface area contributed by atoms with Gasteiger partial charge in [0.1, 0.15) is 6.17 Å². The summed E-state index contributed by atoms with van der Waals surface area (Å²) < 4.78 is 5.88. The van der Waals surface area contributed by atoms with Crippen molar-refractivity contribution in [1.82, 2.24) is 4.90 Å². The molecule has 1 atom stereocenters. The van der Waals surface area contributed by atoms with Crippen molar-refractivity contribution in [2.75, 3.05) is 19.5 Å². The average molecular weight is 410 g/mol. The van der Waals surface area contributed by atoms with Crippen LogP contribution in [0.2, 0.25) is 0 Å². The molecule has 6 heteroatoms. The Morgan fingerprint density at radius 1 is 1.32 bits per heavy atom. The number of anilines is 1. The van der Waals surface area contributed by atoms with Gasteiger partial charge in [0.2, 0.25) is 0 Å². The highest BCUT2D eigenvalue weighted by Gasteiger charge is 2.30. The molecule has 5 nitrogen and oxygen atoms in total. The molecule has 2 aromatic rings. The number of para-hydroxylation sites is 1. The highest BCUT2D eigenvalue weighted by atomic mass is 127. The van der Waals surface area contributed by atoms with E-state index in [1.165, 1.54) is 7.11 Å². The fourth-order valence-corrected chi connectivity index (χ4v) is 3.19. The summed E-state index contributed by atoms with van der Waals surface area (Å²) >= 11 is 2.05. The van der Waals surface area contributed by atoms with E-state index >= 15 is 0 Å². The van der Waals surface area contributed by atoms with Gasteiger partial charge in [-0.15, -0.1) is 0 Å². The first kappa shape index (κ1) is 15.0. The van der Waals surface area contributed by atoms with Gasteiger partial charge in [0.05, 0.1) is 16.2 Å². The van der Waals surface area contributed by atoms with Crippen molar-refractivity contribution < 1.29 is 14.6 Å². The van der Waals surface area contributed by atoms with Gasteiger partial charge in [-0.05, 0) is 52.4 Å². The number of methoxy groups -OCH3 is 1. The topological polar surface area (TPSA) is 61.8 Å². The molecule has 114 valence electrons. The number of halogens is 1. The van der Waals surface area contributed by atoms with E-state index in [9.17, 15) is 9.90 Å². The van der Waals surface area contributed by atoms with Gasteiger partial charge in [-0.25, -0.2) is 0 Å². The van der Waals surface area contributed by atoms with Gasteiger partial charge in [0.15, 0.2) is 11.5 Å². The minimum Gasteiger partial charge on any atom is -0.504 e. The summed E-state index contributed by atoms with van der Waals surface area (Å²) in [5.74, 6) is 0.460. The molecule has 1 aliphatic heterocycles. The highest BCUT2D eigenvalue weighted by Crippen LogP contribution is 2.38. The van der Waals surface area contributed by atoms with E-state index in [0.717, 1.165) is 11.3 Å². The number of phenolic OH excluding ortho intramolecular Hbond substituents is 1. The second-order valence-electron chi connectivity index (χ2n) is 5.06. The summed E-state index contributed by atoms with van der Waals surface area (Å²) in [6, 6.07) is 11.0. The van der Waals surface area contributed by atoms with Crippen LogP contribution in [0.15, 0.2) is 36.4 Å². The quantitative estimate of drug-likeness (QED) is 0.747. The molecule has 2 N–H and O–H groups in total. The maximum atomic E-state index is 12.5. The lowest BCUT2D eigenvalue weighted by Crippen LogP contribution is -2.40. The summed E-state index contributed by atoms with van der Waals surface area (Å²) in [7, 11) is 3.26. The Bertz CT molecular complexity index is 748. The number of carbonyl (C=O) groups excluding carboxylic acids is 1. The minimum atomic E-state index is -0.314. The zero-order valence-corrected chi connectivity index (χ0v) is 14.3. The normalized spacial score (nSPS) is 17.0. The number of phenols is 1. The largest absolute Gasteiger partial charge is 0.504 e. The van der Waals surface area contributed by atoms with Gasteiger partial charge in [-0.2, -0.15) is 0 Å². The Labute approximate surface area is 142 Å². The van der Waals surface area contributed by atoms with Gasteiger partial charge in [0.25, 0.3) is 5.91 Å². The Hall–Kier alpha value is -1.96. The van der Waals surface area contributed by atoms with Gasteiger partial charge < -0.3 is 20.1 Å². The zero-order chi connectivity index (χ0) is 15.9. The summed E-state index contributed by atoms with van der Waals surface area (Å²) in [6.45, 7) is 0. The van der Waals surface area contributed by atoms with E-state index < -0.39 is 0 Å². The standard InChI is InChI=1S/C16H15IN2O3/c1-19-15(9-7-11(17)14(20)13(8-9)22-2)18-12-6-4-3-5-10(12)16(19)21/h3-8,15,18,20H,1-2H3/t15-/m0/s1. The number of hydrogen-bond acceptors (Lipinski definition) is 4. The molecule has 0 unspecified atom stereocenters. The molecule has 1 heterocycles. The van der Waals surface area contributed by atoms with E-state index in [2.05, 4.69) is 5.32 Å². The first-order valence-corrected chi connectivity index (χ1v) is 7.80. The van der Waals surface area contributed by atoms with Crippen LogP contribution < -0.4 is 10.1 Å². The molecule has 1 amide bonds. The predicted octanol–water partition coefficient (Wildman–Crippen LogP) is 3.20. The van der Waals surface area contributed by atoms with Gasteiger partial charge in [-0.1, -0.05) is 12.1 Å². The van der Waals surface area contributed by atoms with Crippen LogP contribution in [0.1, 0.15) is 22.1 Å². The van der Waals surface area contributed by atoms with Crippen LogP contribution in [0.3, 0.4) is 0 Å². The van der Waals surface area contributed by atoms with E-state index in [4.69, 9.17) is 4.74 Å². The van der Waals surface area contributed by atoms with Gasteiger partial charge >= 0.3 is 0 Å². The van der Waals surface area contributed by atoms with Crippen molar-refractivity contribution in [3.05, 3.63) is 51.1 Å². The van der Waals surface area contributed by atoms with Gasteiger partial charge in [-0.3, -0.25) is 4.79 Å². The first-order valence-electron chi connectivity index (χ1n) is 6.72. The molecule has 1 aliphatic rings. The van der Waals surface area contributed by atoms with Crippen LogP contribution in [0, 0.1) is 3.57 Å². The molecule has 0 aliphatic carbocycles. The minimum absolute atomic E-state index is 0.0404. The highest BCUT2D eigenvalue weighted by molar-refractivity contribution is 14.1. The molecule has 0 bridgehead atoms. The lowest BCUT2D eigenvalue weighted by Gasteiger charge is -2.35. The lowest BCUT2D eigenvalue weighted by atomic mass is 10.0. The Morgan fingerprint density at radius 2 is 2.05 bits per heavy atom. The fourth-order valence-electron chi connectivity index (χ4n) is 2.56. The maximum Gasteiger partial charge on any atom is 0.257 e. The fraction of sp³-hybridized carbons (Fsp3) is 0.188. The SMILES string of the molecule is COc1cc([C@H]2Nc3ccccc3C(=O)N2C)cc(I)c1O. The summed E-state index contributed by atoms with van der Waals surface area (Å²) in [6.07, 6.45) is -0.314. The molecule has 0 spiro atoms. The third-order valence-corrected chi connectivity index (χ3v) is 4.57. The Kier molecular flexibility index (Phi) is 3.86. The summed E-state index contributed by atoms with van der Waals surface area (Å²) in [4.78, 5) is 14.2. The number of fused-ring (bicyclic) bond motifs is 1. The van der Waals surface area contributed by atoms with E-state index in [-0.39, 0.29) is 17.8 Å². The number of carbonyl (C=O) groups is 1. The molecular formula is C16H15IN2O3. The van der Waals surface area contributed by atoms with E-state index in [1.807, 2.05) is 46.9 Å². The molecular weight excluding hydrogens is 395 g/mol. The number of nitrogens with zero attached hydrogens (tertiary/aromatic N) is 1. The lowest BCUT2D eigenvalue weighted by molar-refractivity contribution is 0.0735. The van der Waals surface area contributed by atoms with Crippen LogP contribution in [0.4, 0.5) is 5.69 Å². The predicted molar refractivity (Wildman–Crippen MR) is 92.3 cm³/mol. The van der Waals surface area contributed by atoms with Crippen molar-refractivity contribution >= 4 is 34.2 Å². The molecule has 0 fully saturated rings. The summed E-state index contributed by atoms with van der Waals surface area (Å²) in [5.41, 5.74) is 2.31. The van der Waals surface area contributed by atoms with Crippen LogP contribution in [-0.2, 0) is 0 Å². The van der Waals surface area contributed by atoms with Gasteiger partial charge in [0, 0.05) is 12.7 Å². The molecule has 0 aromatic heterocycles. The number of rotatable bonds is 2. The van der Waals surface area contributed by atoms with Crippen LogP contribution in [0.25, 0.3) is 0 Å². The number of nitrogens with one attached hydrogen (secondary N) is 1. The van der Waals surface area contributed by atoms with Crippen LogP contribution >= 0.6 is 22.6 Å². The Balaban J connectivity index is 2.06. The number of ether oxygens (including phenoxy) is 1. The van der Waals surface area contributed by atoms with Crippen LogP contribution in [-0.4, -0.2) is 30.1 Å². The zero-order valence-electron chi connectivity index (χ0n) is 12.1. The smallest absolute Gasteiger partial charge is 0.257 e. The number of hydrogen-bond donors (Lipinski definition) is 2. The summed E-state index contributed by atoms with van der Waals surface area (Å²) in [5, 5.41) is 13.3. The Morgan fingerprint density at radius 3 is 2.77 bits per heavy atom. The molecule has 0 saturated heterocycles. The van der Waals surface area contributed by atoms with Crippen molar-refractivity contribution in [3.63, 3.8) is 0 Å². The van der Waals surface area contributed by atoms with Crippen molar-refractivity contribution in [1.29, 1.82) is 0 Å². The van der Waals surface area contributed by atoms with E-state index in [1.54, 1.807) is 24.1 Å². The molecule has 0 radical (unpaired) electrons.